The minimum Gasteiger partial charge on any atom is -0.381 e. The molecule has 3 saturated heterocycles. The lowest BCUT2D eigenvalue weighted by Gasteiger charge is -2.45. The number of carbonyl (C=O) groups is 1. The second-order valence-electron chi connectivity index (χ2n) is 8.15. The van der Waals surface area contributed by atoms with Crippen LogP contribution >= 0.6 is 0 Å². The summed E-state index contributed by atoms with van der Waals surface area (Å²) >= 11 is 0. The van der Waals surface area contributed by atoms with Crippen LogP contribution in [0.1, 0.15) is 36.8 Å². The zero-order valence-corrected chi connectivity index (χ0v) is 16.6. The minimum absolute atomic E-state index is 0.0636. The number of amides is 1. The highest BCUT2D eigenvalue weighted by Crippen LogP contribution is 2.24. The van der Waals surface area contributed by atoms with Crippen molar-refractivity contribution >= 4 is 5.91 Å². The van der Waals surface area contributed by atoms with Gasteiger partial charge in [0.15, 0.2) is 0 Å². The maximum Gasteiger partial charge on any atom is 0.240 e. The van der Waals surface area contributed by atoms with E-state index in [0.29, 0.717) is 17.5 Å². The fourth-order valence-corrected chi connectivity index (χ4v) is 4.75. The van der Waals surface area contributed by atoms with Crippen LogP contribution in [0.15, 0.2) is 24.3 Å². The molecule has 0 spiro atoms. The average molecular weight is 383 g/mol. The summed E-state index contributed by atoms with van der Waals surface area (Å²) in [5.41, 5.74) is 1.95. The van der Waals surface area contributed by atoms with Gasteiger partial charge >= 0.3 is 0 Å². The highest BCUT2D eigenvalue weighted by molar-refractivity contribution is 5.83. The smallest absolute Gasteiger partial charge is 0.240 e. The fourth-order valence-electron chi connectivity index (χ4n) is 4.75. The molecule has 1 amide bonds. The Labute approximate surface area is 167 Å². The maximum absolute atomic E-state index is 13.2. The van der Waals surface area contributed by atoms with E-state index in [-0.39, 0.29) is 6.04 Å². The molecule has 0 N–H and O–H groups in total. The van der Waals surface area contributed by atoms with E-state index in [9.17, 15) is 4.79 Å². The van der Waals surface area contributed by atoms with E-state index in [0.717, 1.165) is 78.2 Å². The molecule has 6 nitrogen and oxygen atoms in total. The number of nitriles is 1. The third-order valence-corrected chi connectivity index (χ3v) is 6.41. The summed E-state index contributed by atoms with van der Waals surface area (Å²) in [6.07, 6.45) is 4.07. The van der Waals surface area contributed by atoms with Gasteiger partial charge in [-0.05, 0) is 43.4 Å². The average Bonchev–Trinajstić information content (AvgIpc) is 2.76. The van der Waals surface area contributed by atoms with Gasteiger partial charge in [0.25, 0.3) is 0 Å². The number of benzene rings is 1. The number of hydrogen-bond donors (Lipinski definition) is 0. The van der Waals surface area contributed by atoms with Crippen LogP contribution in [0.2, 0.25) is 0 Å². The van der Waals surface area contributed by atoms with Crippen LogP contribution < -0.4 is 0 Å². The van der Waals surface area contributed by atoms with Crippen LogP contribution in [0.5, 0.6) is 0 Å². The zero-order chi connectivity index (χ0) is 19.3. The van der Waals surface area contributed by atoms with Crippen LogP contribution in [0.25, 0.3) is 0 Å². The third-order valence-electron chi connectivity index (χ3n) is 6.41. The maximum atomic E-state index is 13.2. The van der Waals surface area contributed by atoms with Gasteiger partial charge in [0.2, 0.25) is 5.91 Å². The van der Waals surface area contributed by atoms with Gasteiger partial charge in [-0.1, -0.05) is 12.1 Å². The van der Waals surface area contributed by atoms with Gasteiger partial charge in [-0.2, -0.15) is 5.26 Å². The van der Waals surface area contributed by atoms with Crippen molar-refractivity contribution < 1.29 is 9.53 Å². The first-order chi connectivity index (χ1) is 13.7. The van der Waals surface area contributed by atoms with Gasteiger partial charge in [-0.3, -0.25) is 14.6 Å². The lowest BCUT2D eigenvalue weighted by Crippen LogP contribution is -2.59. The molecular formula is C22H30N4O2. The molecule has 4 rings (SSSR count). The largest absolute Gasteiger partial charge is 0.381 e. The van der Waals surface area contributed by atoms with Crippen molar-refractivity contribution in [1.29, 1.82) is 5.26 Å². The fraction of sp³-hybridized carbons (Fsp3) is 0.636. The first-order valence-electron chi connectivity index (χ1n) is 10.6. The summed E-state index contributed by atoms with van der Waals surface area (Å²) in [5, 5.41) is 8.92. The molecule has 3 heterocycles. The molecule has 1 aromatic carbocycles. The van der Waals surface area contributed by atoms with Gasteiger partial charge in [0.05, 0.1) is 17.7 Å². The van der Waals surface area contributed by atoms with Crippen molar-refractivity contribution in [1.82, 2.24) is 14.7 Å². The standard InChI is InChI=1S/C22H30N4O2/c23-16-18-3-5-19(6-4-18)17-24-10-12-25(13-11-24)21-2-1-9-26(22(21)27)20-7-14-28-15-8-20/h3-6,20-21H,1-2,7-15,17H2/t21-/m1/s1. The number of hydrogen-bond acceptors (Lipinski definition) is 5. The highest BCUT2D eigenvalue weighted by atomic mass is 16.5. The highest BCUT2D eigenvalue weighted by Gasteiger charge is 2.37. The lowest BCUT2D eigenvalue weighted by molar-refractivity contribution is -0.145. The van der Waals surface area contributed by atoms with Crippen molar-refractivity contribution in [2.45, 2.75) is 44.3 Å². The van der Waals surface area contributed by atoms with Crippen LogP contribution in [-0.2, 0) is 16.1 Å². The van der Waals surface area contributed by atoms with E-state index in [1.165, 1.54) is 5.56 Å². The number of piperazine rings is 1. The Morgan fingerprint density at radius 2 is 1.71 bits per heavy atom. The van der Waals surface area contributed by atoms with E-state index in [1.54, 1.807) is 0 Å². The Bertz CT molecular complexity index is 700. The lowest BCUT2D eigenvalue weighted by atomic mass is 9.97. The molecule has 150 valence electrons. The molecule has 6 heteroatoms. The monoisotopic (exact) mass is 382 g/mol. The zero-order valence-electron chi connectivity index (χ0n) is 16.6. The summed E-state index contributed by atoms with van der Waals surface area (Å²) in [7, 11) is 0. The van der Waals surface area contributed by atoms with Crippen LogP contribution in [0, 0.1) is 11.3 Å². The van der Waals surface area contributed by atoms with Gasteiger partial charge in [-0.25, -0.2) is 0 Å². The summed E-state index contributed by atoms with van der Waals surface area (Å²) in [6.45, 7) is 7.27. The number of rotatable bonds is 4. The third kappa shape index (κ3) is 4.38. The van der Waals surface area contributed by atoms with Crippen molar-refractivity contribution in [2.24, 2.45) is 0 Å². The number of likely N-dealkylation sites (tertiary alicyclic amines) is 1. The Morgan fingerprint density at radius 1 is 1.00 bits per heavy atom. The molecule has 3 aliphatic rings. The molecule has 0 radical (unpaired) electrons. The van der Waals surface area contributed by atoms with Crippen molar-refractivity contribution in [3.63, 3.8) is 0 Å². The second-order valence-corrected chi connectivity index (χ2v) is 8.15. The summed E-state index contributed by atoms with van der Waals surface area (Å²) < 4.78 is 5.47. The molecule has 0 aromatic heterocycles. The number of carbonyl (C=O) groups excluding carboxylic acids is 1. The number of ether oxygens (including phenoxy) is 1. The number of piperidine rings is 1. The van der Waals surface area contributed by atoms with Crippen molar-refractivity contribution in [3.8, 4) is 6.07 Å². The quantitative estimate of drug-likeness (QED) is 0.795. The van der Waals surface area contributed by atoms with E-state index in [4.69, 9.17) is 10.00 Å². The predicted octanol–water partition coefficient (Wildman–Crippen LogP) is 1.85. The number of nitrogens with zero attached hydrogens (tertiary/aromatic N) is 4. The molecule has 3 aliphatic heterocycles. The van der Waals surface area contributed by atoms with Crippen LogP contribution in [-0.4, -0.2) is 78.6 Å². The van der Waals surface area contributed by atoms with Gasteiger partial charge < -0.3 is 9.64 Å². The van der Waals surface area contributed by atoms with E-state index in [2.05, 4.69) is 20.8 Å². The first kappa shape index (κ1) is 19.4. The molecule has 3 fully saturated rings. The van der Waals surface area contributed by atoms with Crippen LogP contribution in [0.3, 0.4) is 0 Å². The SMILES string of the molecule is N#Cc1ccc(CN2CCN([C@@H]3CCCN(C4CCOCC4)C3=O)CC2)cc1. The predicted molar refractivity (Wildman–Crippen MR) is 107 cm³/mol. The Balaban J connectivity index is 1.30. The van der Waals surface area contributed by atoms with Crippen molar-refractivity contribution in [2.75, 3.05) is 45.9 Å². The molecule has 0 bridgehead atoms. The molecule has 0 unspecified atom stereocenters. The second kappa shape index (κ2) is 9.04. The summed E-state index contributed by atoms with van der Waals surface area (Å²) in [5.74, 6) is 0.346. The topological polar surface area (TPSA) is 59.8 Å². The Hall–Kier alpha value is -1.94. The van der Waals surface area contributed by atoms with E-state index >= 15 is 0 Å². The molecule has 1 aromatic rings. The van der Waals surface area contributed by atoms with Gasteiger partial charge in [0.1, 0.15) is 0 Å². The molecule has 0 aliphatic carbocycles. The minimum atomic E-state index is 0.0636. The van der Waals surface area contributed by atoms with Gasteiger partial charge in [0, 0.05) is 58.5 Å². The molecular weight excluding hydrogens is 352 g/mol. The Morgan fingerprint density at radius 3 is 2.39 bits per heavy atom. The van der Waals surface area contributed by atoms with Crippen LogP contribution in [0.4, 0.5) is 0 Å². The first-order valence-corrected chi connectivity index (χ1v) is 10.6. The van der Waals surface area contributed by atoms with Gasteiger partial charge in [-0.15, -0.1) is 0 Å². The van der Waals surface area contributed by atoms with Crippen molar-refractivity contribution in [3.05, 3.63) is 35.4 Å². The molecule has 28 heavy (non-hydrogen) atoms. The summed E-state index contributed by atoms with van der Waals surface area (Å²) in [6, 6.07) is 10.5. The van der Waals surface area contributed by atoms with E-state index in [1.807, 2.05) is 24.3 Å². The normalized spacial score (nSPS) is 25.6. The Kier molecular flexibility index (Phi) is 6.26. The summed E-state index contributed by atoms with van der Waals surface area (Å²) in [4.78, 5) is 20.2. The van der Waals surface area contributed by atoms with E-state index < -0.39 is 0 Å². The molecule has 1 atom stereocenters. The molecule has 0 saturated carbocycles.